The van der Waals surface area contributed by atoms with E-state index in [1.807, 2.05) is 29.2 Å². The smallest absolute Gasteiger partial charge is 0.262 e. The van der Waals surface area contributed by atoms with Gasteiger partial charge in [-0.15, -0.1) is 0 Å². The summed E-state index contributed by atoms with van der Waals surface area (Å²) in [5, 5.41) is 11.6. The number of carbonyl (C=O) groups excluding carboxylic acids is 2. The van der Waals surface area contributed by atoms with Crippen molar-refractivity contribution in [2.75, 3.05) is 25.0 Å². The Morgan fingerprint density at radius 3 is 2.64 bits per heavy atom. The number of rotatable bonds is 3. The van der Waals surface area contributed by atoms with Crippen molar-refractivity contribution in [3.63, 3.8) is 0 Å². The Kier molecular flexibility index (Phi) is 4.98. The summed E-state index contributed by atoms with van der Waals surface area (Å²) < 4.78 is 5.35. The van der Waals surface area contributed by atoms with Crippen molar-refractivity contribution >= 4 is 17.5 Å². The van der Waals surface area contributed by atoms with Crippen LogP contribution >= 0.6 is 0 Å². The minimum atomic E-state index is -0.208. The van der Waals surface area contributed by atoms with Gasteiger partial charge in [0, 0.05) is 18.7 Å². The maximum atomic E-state index is 12.8. The maximum absolute atomic E-state index is 12.8. The fourth-order valence-corrected chi connectivity index (χ4v) is 3.79. The molecule has 0 atom stereocenters. The van der Waals surface area contributed by atoms with Gasteiger partial charge in [-0.1, -0.05) is 12.1 Å². The van der Waals surface area contributed by atoms with Crippen LogP contribution < -0.4 is 10.1 Å². The monoisotopic (exact) mass is 375 g/mol. The number of ether oxygens (including phenoxy) is 1. The normalized spacial score (nSPS) is 16.5. The molecular formula is C22H21N3O3. The first kappa shape index (κ1) is 18.1. The molecule has 0 radical (unpaired) electrons. The van der Waals surface area contributed by atoms with Gasteiger partial charge < -0.3 is 15.0 Å². The predicted molar refractivity (Wildman–Crippen MR) is 104 cm³/mol. The lowest BCUT2D eigenvalue weighted by Gasteiger charge is -2.32. The minimum Gasteiger partial charge on any atom is -0.482 e. The molecule has 0 bridgehead atoms. The van der Waals surface area contributed by atoms with Crippen LogP contribution in [0, 0.1) is 17.2 Å². The van der Waals surface area contributed by atoms with Crippen LogP contribution in [-0.2, 0) is 11.2 Å². The number of nitrogens with one attached hydrogen (secondary N) is 1. The first-order valence-electron chi connectivity index (χ1n) is 9.47. The summed E-state index contributed by atoms with van der Waals surface area (Å²) in [5.41, 5.74) is 3.03. The third kappa shape index (κ3) is 3.84. The van der Waals surface area contributed by atoms with E-state index in [0.717, 1.165) is 32.4 Å². The van der Waals surface area contributed by atoms with E-state index in [2.05, 4.69) is 11.4 Å². The number of nitriles is 1. The summed E-state index contributed by atoms with van der Waals surface area (Å²) in [6.45, 7) is 1.45. The number of nitrogens with zero attached hydrogens (tertiary/aromatic N) is 2. The van der Waals surface area contributed by atoms with Crippen molar-refractivity contribution in [1.29, 1.82) is 5.26 Å². The standard InChI is InChI=1S/C22H21N3O3/c23-13-17-3-1-15(2-4-17)11-16-7-9-25(10-8-16)22(27)18-5-6-20-19(12-18)24-21(26)14-28-20/h1-6,12,16H,7-11,14H2,(H,24,26). The Bertz CT molecular complexity index is 938. The largest absolute Gasteiger partial charge is 0.482 e. The van der Waals surface area contributed by atoms with Gasteiger partial charge in [-0.2, -0.15) is 5.26 Å². The summed E-state index contributed by atoms with van der Waals surface area (Å²) in [6, 6.07) is 15.1. The SMILES string of the molecule is N#Cc1ccc(CC2CCN(C(=O)c3ccc4c(c3)NC(=O)CO4)CC2)cc1. The highest BCUT2D eigenvalue weighted by Gasteiger charge is 2.25. The fourth-order valence-electron chi connectivity index (χ4n) is 3.79. The molecule has 142 valence electrons. The van der Waals surface area contributed by atoms with Gasteiger partial charge in [-0.05, 0) is 61.1 Å². The van der Waals surface area contributed by atoms with Crippen LogP contribution in [0.15, 0.2) is 42.5 Å². The van der Waals surface area contributed by atoms with E-state index < -0.39 is 0 Å². The van der Waals surface area contributed by atoms with E-state index in [1.54, 1.807) is 18.2 Å². The molecule has 2 heterocycles. The van der Waals surface area contributed by atoms with Gasteiger partial charge in [0.05, 0.1) is 17.3 Å². The zero-order valence-corrected chi connectivity index (χ0v) is 15.5. The third-order valence-electron chi connectivity index (χ3n) is 5.37. The number of fused-ring (bicyclic) bond motifs is 1. The van der Waals surface area contributed by atoms with Gasteiger partial charge in [0.25, 0.3) is 11.8 Å². The van der Waals surface area contributed by atoms with Gasteiger partial charge in [0.15, 0.2) is 6.61 Å². The number of hydrogen-bond donors (Lipinski definition) is 1. The average Bonchev–Trinajstić information content (AvgIpc) is 2.74. The van der Waals surface area contributed by atoms with Crippen LogP contribution in [-0.4, -0.2) is 36.4 Å². The lowest BCUT2D eigenvalue weighted by molar-refractivity contribution is -0.118. The Morgan fingerprint density at radius 2 is 1.93 bits per heavy atom. The molecule has 6 nitrogen and oxygen atoms in total. The molecular weight excluding hydrogens is 354 g/mol. The molecule has 4 rings (SSSR count). The van der Waals surface area contributed by atoms with Gasteiger partial charge in [-0.25, -0.2) is 0 Å². The van der Waals surface area contributed by atoms with Crippen LogP contribution in [0.4, 0.5) is 5.69 Å². The van der Waals surface area contributed by atoms with E-state index in [-0.39, 0.29) is 18.4 Å². The molecule has 0 aliphatic carbocycles. The van der Waals surface area contributed by atoms with Gasteiger partial charge >= 0.3 is 0 Å². The van der Waals surface area contributed by atoms with Crippen molar-refractivity contribution in [3.05, 3.63) is 59.2 Å². The Morgan fingerprint density at radius 1 is 1.18 bits per heavy atom. The molecule has 0 saturated carbocycles. The summed E-state index contributed by atoms with van der Waals surface area (Å²) >= 11 is 0. The summed E-state index contributed by atoms with van der Waals surface area (Å²) in [6.07, 6.45) is 2.88. The number of amides is 2. The summed E-state index contributed by atoms with van der Waals surface area (Å²) in [7, 11) is 0. The summed E-state index contributed by atoms with van der Waals surface area (Å²) in [5.74, 6) is 0.908. The zero-order chi connectivity index (χ0) is 19.5. The number of benzene rings is 2. The second kappa shape index (κ2) is 7.73. The zero-order valence-electron chi connectivity index (χ0n) is 15.5. The highest BCUT2D eigenvalue weighted by Crippen LogP contribution is 2.30. The molecule has 2 aliphatic heterocycles. The van der Waals surface area contributed by atoms with E-state index in [4.69, 9.17) is 10.00 Å². The highest BCUT2D eigenvalue weighted by molar-refractivity contribution is 5.99. The molecule has 1 N–H and O–H groups in total. The first-order valence-corrected chi connectivity index (χ1v) is 9.47. The molecule has 1 saturated heterocycles. The Labute approximate surface area is 163 Å². The molecule has 6 heteroatoms. The minimum absolute atomic E-state index is 0.00699. The highest BCUT2D eigenvalue weighted by atomic mass is 16.5. The van der Waals surface area contributed by atoms with Crippen LogP contribution in [0.3, 0.4) is 0 Å². The van der Waals surface area contributed by atoms with Gasteiger partial charge in [0.1, 0.15) is 5.75 Å². The van der Waals surface area contributed by atoms with E-state index in [9.17, 15) is 9.59 Å². The average molecular weight is 375 g/mol. The first-order chi connectivity index (χ1) is 13.6. The number of likely N-dealkylation sites (tertiary alicyclic amines) is 1. The number of piperidine rings is 1. The Hall–Kier alpha value is -3.33. The predicted octanol–water partition coefficient (Wildman–Crippen LogP) is 2.98. The third-order valence-corrected chi connectivity index (χ3v) is 5.37. The molecule has 2 aliphatic rings. The van der Waals surface area contributed by atoms with Crippen molar-refractivity contribution in [1.82, 2.24) is 4.90 Å². The van der Waals surface area contributed by atoms with Crippen molar-refractivity contribution in [3.8, 4) is 11.8 Å². The van der Waals surface area contributed by atoms with E-state index >= 15 is 0 Å². The molecule has 1 fully saturated rings. The van der Waals surface area contributed by atoms with Crippen LogP contribution in [0.5, 0.6) is 5.75 Å². The lowest BCUT2D eigenvalue weighted by Crippen LogP contribution is -2.39. The second-order valence-corrected chi connectivity index (χ2v) is 7.30. The van der Waals surface area contributed by atoms with Crippen LogP contribution in [0.25, 0.3) is 0 Å². The molecule has 28 heavy (non-hydrogen) atoms. The summed E-state index contributed by atoms with van der Waals surface area (Å²) in [4.78, 5) is 26.2. The number of hydrogen-bond acceptors (Lipinski definition) is 4. The second-order valence-electron chi connectivity index (χ2n) is 7.30. The van der Waals surface area contributed by atoms with Gasteiger partial charge in [-0.3, -0.25) is 9.59 Å². The lowest BCUT2D eigenvalue weighted by atomic mass is 9.89. The molecule has 0 unspecified atom stereocenters. The molecule has 2 amide bonds. The van der Waals surface area contributed by atoms with Crippen LogP contribution in [0.1, 0.15) is 34.3 Å². The molecule has 2 aromatic carbocycles. The quantitative estimate of drug-likeness (QED) is 0.894. The number of carbonyl (C=O) groups is 2. The number of anilines is 1. The molecule has 0 aromatic heterocycles. The Balaban J connectivity index is 1.35. The molecule has 2 aromatic rings. The van der Waals surface area contributed by atoms with Gasteiger partial charge in [0.2, 0.25) is 0 Å². The maximum Gasteiger partial charge on any atom is 0.262 e. The van der Waals surface area contributed by atoms with Crippen molar-refractivity contribution in [2.45, 2.75) is 19.3 Å². The fraction of sp³-hybridized carbons (Fsp3) is 0.318. The van der Waals surface area contributed by atoms with Crippen molar-refractivity contribution < 1.29 is 14.3 Å². The van der Waals surface area contributed by atoms with E-state index in [0.29, 0.717) is 28.5 Å². The van der Waals surface area contributed by atoms with Crippen LogP contribution in [0.2, 0.25) is 0 Å². The van der Waals surface area contributed by atoms with E-state index in [1.165, 1.54) is 5.56 Å². The molecule has 0 spiro atoms. The van der Waals surface area contributed by atoms with Crippen molar-refractivity contribution in [2.24, 2.45) is 5.92 Å². The topological polar surface area (TPSA) is 82.4 Å².